The molecule has 1 aliphatic heterocycles. The molecule has 2 rings (SSSR count). The van der Waals surface area contributed by atoms with Crippen LogP contribution in [0.4, 0.5) is 0 Å². The van der Waals surface area contributed by atoms with Crippen molar-refractivity contribution in [2.75, 3.05) is 13.2 Å². The molecule has 1 amide bonds. The van der Waals surface area contributed by atoms with Crippen LogP contribution in [0.1, 0.15) is 51.9 Å². The predicted molar refractivity (Wildman–Crippen MR) is 77.3 cm³/mol. The molecule has 0 radical (unpaired) electrons. The molecule has 0 N–H and O–H groups in total. The molecule has 1 aromatic heterocycles. The van der Waals surface area contributed by atoms with Gasteiger partial charge >= 0.3 is 0 Å². The summed E-state index contributed by atoms with van der Waals surface area (Å²) in [5, 5.41) is 0. The SMILES string of the molecule is CCn1ccnc1[C@@H]1CCCCN1C(=O)COC(C)C. The number of nitrogens with zero attached hydrogens (tertiary/aromatic N) is 3. The smallest absolute Gasteiger partial charge is 0.249 e. The highest BCUT2D eigenvalue weighted by molar-refractivity contribution is 5.78. The first kappa shape index (κ1) is 15.0. The summed E-state index contributed by atoms with van der Waals surface area (Å²) in [5.41, 5.74) is 0. The highest BCUT2D eigenvalue weighted by Crippen LogP contribution is 2.30. The van der Waals surface area contributed by atoms with E-state index in [4.69, 9.17) is 4.74 Å². The van der Waals surface area contributed by atoms with Crippen LogP contribution in [0.2, 0.25) is 0 Å². The third-order valence-electron chi connectivity index (χ3n) is 3.75. The van der Waals surface area contributed by atoms with Crippen LogP contribution in [0.3, 0.4) is 0 Å². The van der Waals surface area contributed by atoms with Gasteiger partial charge in [-0.05, 0) is 40.0 Å². The normalized spacial score (nSPS) is 19.6. The first-order chi connectivity index (χ1) is 9.63. The molecule has 1 aromatic rings. The zero-order valence-corrected chi connectivity index (χ0v) is 12.7. The van der Waals surface area contributed by atoms with E-state index in [1.165, 1.54) is 0 Å². The van der Waals surface area contributed by atoms with Gasteiger partial charge in [-0.25, -0.2) is 4.98 Å². The zero-order chi connectivity index (χ0) is 14.5. The van der Waals surface area contributed by atoms with E-state index in [1.807, 2.05) is 31.1 Å². The number of likely N-dealkylation sites (tertiary alicyclic amines) is 1. The molecule has 1 atom stereocenters. The Bertz CT molecular complexity index is 442. The molecule has 0 bridgehead atoms. The highest BCUT2D eigenvalue weighted by atomic mass is 16.5. The average molecular weight is 279 g/mol. The van der Waals surface area contributed by atoms with E-state index in [2.05, 4.69) is 16.5 Å². The Morgan fingerprint density at radius 1 is 1.50 bits per heavy atom. The first-order valence-electron chi connectivity index (χ1n) is 7.55. The number of amides is 1. The number of hydrogen-bond acceptors (Lipinski definition) is 3. The molecule has 2 heterocycles. The molecule has 0 saturated carbocycles. The van der Waals surface area contributed by atoms with Gasteiger partial charge in [-0.2, -0.15) is 0 Å². The minimum Gasteiger partial charge on any atom is -0.369 e. The second-order valence-electron chi connectivity index (χ2n) is 5.53. The third kappa shape index (κ3) is 3.39. The topological polar surface area (TPSA) is 47.4 Å². The summed E-state index contributed by atoms with van der Waals surface area (Å²) in [4.78, 5) is 18.8. The number of aryl methyl sites for hydroxylation is 1. The summed E-state index contributed by atoms with van der Waals surface area (Å²) in [6, 6.07) is 0.0990. The Kier molecular flexibility index (Phi) is 5.17. The van der Waals surface area contributed by atoms with Crippen molar-refractivity contribution in [2.24, 2.45) is 0 Å². The van der Waals surface area contributed by atoms with Gasteiger partial charge < -0.3 is 14.2 Å². The van der Waals surface area contributed by atoms with E-state index in [1.54, 1.807) is 0 Å². The second-order valence-corrected chi connectivity index (χ2v) is 5.53. The van der Waals surface area contributed by atoms with Crippen LogP contribution >= 0.6 is 0 Å². The average Bonchev–Trinajstić information content (AvgIpc) is 2.93. The number of hydrogen-bond donors (Lipinski definition) is 0. The standard InChI is InChI=1S/C15H25N3O2/c1-4-17-10-8-16-15(17)13-7-5-6-9-18(13)14(19)11-20-12(2)3/h8,10,12-13H,4-7,9,11H2,1-3H3/t13-/m0/s1. The molecule has 0 unspecified atom stereocenters. The molecule has 5 heteroatoms. The zero-order valence-electron chi connectivity index (χ0n) is 12.7. The van der Waals surface area contributed by atoms with Crippen LogP contribution in [0, 0.1) is 0 Å². The van der Waals surface area contributed by atoms with Gasteiger partial charge in [0.15, 0.2) is 0 Å². The van der Waals surface area contributed by atoms with E-state index >= 15 is 0 Å². The lowest BCUT2D eigenvalue weighted by Crippen LogP contribution is -2.41. The largest absolute Gasteiger partial charge is 0.369 e. The molecule has 1 aliphatic rings. The second kappa shape index (κ2) is 6.88. The van der Waals surface area contributed by atoms with E-state index < -0.39 is 0 Å². The third-order valence-corrected chi connectivity index (χ3v) is 3.75. The molecule has 0 aliphatic carbocycles. The van der Waals surface area contributed by atoms with Gasteiger partial charge in [0.2, 0.25) is 5.91 Å². The molecular formula is C15H25N3O2. The minimum absolute atomic E-state index is 0.0778. The number of carbonyl (C=O) groups is 1. The molecule has 1 fully saturated rings. The molecule has 20 heavy (non-hydrogen) atoms. The molecular weight excluding hydrogens is 254 g/mol. The van der Waals surface area contributed by atoms with Crippen LogP contribution in [0.15, 0.2) is 12.4 Å². The lowest BCUT2D eigenvalue weighted by molar-refractivity contribution is -0.141. The maximum absolute atomic E-state index is 12.4. The Morgan fingerprint density at radius 3 is 3.00 bits per heavy atom. The van der Waals surface area contributed by atoms with Crippen LogP contribution in [-0.4, -0.2) is 39.6 Å². The number of piperidine rings is 1. The number of carbonyl (C=O) groups excluding carboxylic acids is 1. The summed E-state index contributed by atoms with van der Waals surface area (Å²) in [6.45, 7) is 7.86. The van der Waals surface area contributed by atoms with Crippen molar-refractivity contribution in [1.29, 1.82) is 0 Å². The van der Waals surface area contributed by atoms with Crippen molar-refractivity contribution in [2.45, 2.75) is 58.7 Å². The van der Waals surface area contributed by atoms with E-state index in [9.17, 15) is 4.79 Å². The Hall–Kier alpha value is -1.36. The quantitative estimate of drug-likeness (QED) is 0.831. The fraction of sp³-hybridized carbons (Fsp3) is 0.733. The van der Waals surface area contributed by atoms with Crippen molar-refractivity contribution in [3.63, 3.8) is 0 Å². The van der Waals surface area contributed by atoms with Crippen LogP contribution in [0.25, 0.3) is 0 Å². The van der Waals surface area contributed by atoms with E-state index in [0.29, 0.717) is 0 Å². The van der Waals surface area contributed by atoms with Crippen LogP contribution in [-0.2, 0) is 16.1 Å². The van der Waals surface area contributed by atoms with Crippen LogP contribution in [0.5, 0.6) is 0 Å². The van der Waals surface area contributed by atoms with Gasteiger partial charge in [-0.1, -0.05) is 0 Å². The predicted octanol–water partition coefficient (Wildman–Crippen LogP) is 2.38. The molecule has 112 valence electrons. The maximum atomic E-state index is 12.4. The van der Waals surface area contributed by atoms with Gasteiger partial charge in [0, 0.05) is 25.5 Å². The first-order valence-corrected chi connectivity index (χ1v) is 7.55. The van der Waals surface area contributed by atoms with E-state index in [0.717, 1.165) is 38.2 Å². The number of ether oxygens (including phenoxy) is 1. The number of imidazole rings is 1. The van der Waals surface area contributed by atoms with Crippen molar-refractivity contribution in [1.82, 2.24) is 14.5 Å². The van der Waals surface area contributed by atoms with E-state index in [-0.39, 0.29) is 24.7 Å². The fourth-order valence-corrected chi connectivity index (χ4v) is 2.70. The lowest BCUT2D eigenvalue weighted by atomic mass is 10.0. The summed E-state index contributed by atoms with van der Waals surface area (Å²) < 4.78 is 7.59. The molecule has 1 saturated heterocycles. The maximum Gasteiger partial charge on any atom is 0.249 e. The molecule has 0 spiro atoms. The Balaban J connectivity index is 2.11. The highest BCUT2D eigenvalue weighted by Gasteiger charge is 2.30. The van der Waals surface area contributed by atoms with Crippen LogP contribution < -0.4 is 0 Å². The molecule has 5 nitrogen and oxygen atoms in total. The minimum atomic E-state index is 0.0778. The van der Waals surface area contributed by atoms with Gasteiger partial charge in [0.1, 0.15) is 12.4 Å². The summed E-state index contributed by atoms with van der Waals surface area (Å²) in [7, 11) is 0. The Morgan fingerprint density at radius 2 is 2.30 bits per heavy atom. The summed E-state index contributed by atoms with van der Waals surface area (Å²) in [6.07, 6.45) is 7.09. The Labute approximate surface area is 120 Å². The van der Waals surface area contributed by atoms with Gasteiger partial charge in [0.05, 0.1) is 12.1 Å². The number of rotatable bonds is 5. The van der Waals surface area contributed by atoms with Crippen molar-refractivity contribution in [3.05, 3.63) is 18.2 Å². The number of aromatic nitrogens is 2. The summed E-state index contributed by atoms with van der Waals surface area (Å²) >= 11 is 0. The van der Waals surface area contributed by atoms with Crippen molar-refractivity contribution in [3.8, 4) is 0 Å². The van der Waals surface area contributed by atoms with Crippen molar-refractivity contribution >= 4 is 5.91 Å². The van der Waals surface area contributed by atoms with Gasteiger partial charge in [0.25, 0.3) is 0 Å². The van der Waals surface area contributed by atoms with Gasteiger partial charge in [-0.3, -0.25) is 4.79 Å². The lowest BCUT2D eigenvalue weighted by Gasteiger charge is -2.35. The van der Waals surface area contributed by atoms with Crippen molar-refractivity contribution < 1.29 is 9.53 Å². The van der Waals surface area contributed by atoms with Gasteiger partial charge in [-0.15, -0.1) is 0 Å². The monoisotopic (exact) mass is 279 g/mol. The molecule has 0 aromatic carbocycles. The fourth-order valence-electron chi connectivity index (χ4n) is 2.70. The summed E-state index contributed by atoms with van der Waals surface area (Å²) in [5.74, 6) is 1.08.